The average molecular weight is 354 g/mol. The Labute approximate surface area is 149 Å². The number of alkyl halides is 2. The largest absolute Gasteiger partial charge is 0.456 e. The van der Waals surface area contributed by atoms with Crippen LogP contribution in [0.3, 0.4) is 0 Å². The van der Waals surface area contributed by atoms with E-state index in [1.165, 1.54) is 30.5 Å². The Morgan fingerprint density at radius 2 is 1.92 bits per heavy atom. The normalized spacial score (nSPS) is 11.2. The van der Waals surface area contributed by atoms with Crippen LogP contribution in [0.1, 0.15) is 28.5 Å². The van der Waals surface area contributed by atoms with Gasteiger partial charge in [-0.3, -0.25) is 14.8 Å². The van der Waals surface area contributed by atoms with Crippen LogP contribution in [-0.2, 0) is 12.3 Å². The molecule has 0 amide bonds. The maximum atomic E-state index is 13.4. The van der Waals surface area contributed by atoms with Crippen LogP contribution < -0.4 is 4.74 Å². The molecule has 0 unspecified atom stereocenters. The molecule has 0 aliphatic heterocycles. The molecule has 0 aliphatic rings. The van der Waals surface area contributed by atoms with Gasteiger partial charge in [0.05, 0.1) is 6.20 Å². The summed E-state index contributed by atoms with van der Waals surface area (Å²) in [5.74, 6) is -2.24. The van der Waals surface area contributed by atoms with Gasteiger partial charge in [-0.2, -0.15) is 0 Å². The third-order valence-corrected chi connectivity index (χ3v) is 3.69. The van der Waals surface area contributed by atoms with Crippen LogP contribution in [0.15, 0.2) is 67.1 Å². The van der Waals surface area contributed by atoms with Gasteiger partial charge in [0, 0.05) is 37.4 Å². The van der Waals surface area contributed by atoms with Crippen molar-refractivity contribution < 1.29 is 18.3 Å². The van der Waals surface area contributed by atoms with Gasteiger partial charge in [0.25, 0.3) is 5.92 Å². The zero-order valence-corrected chi connectivity index (χ0v) is 14.0. The van der Waals surface area contributed by atoms with Crippen molar-refractivity contribution in [2.45, 2.75) is 19.3 Å². The highest BCUT2D eigenvalue weighted by Gasteiger charge is 2.24. The minimum atomic E-state index is -2.95. The number of ketones is 1. The molecule has 6 heteroatoms. The summed E-state index contributed by atoms with van der Waals surface area (Å²) in [6.07, 6.45) is 4.63. The molecule has 0 bridgehead atoms. The fraction of sp³-hybridized carbons (Fsp3) is 0.150. The number of hydrogen-bond donors (Lipinski definition) is 0. The topological polar surface area (TPSA) is 52.1 Å². The lowest BCUT2D eigenvalue weighted by Gasteiger charge is -2.11. The fourth-order valence-electron chi connectivity index (χ4n) is 2.40. The van der Waals surface area contributed by atoms with Gasteiger partial charge in [0.15, 0.2) is 5.78 Å². The number of Topliss-reactive ketones (excluding diaryl/α,β-unsaturated/α-hetero) is 1. The molecule has 1 aromatic carbocycles. The van der Waals surface area contributed by atoms with Crippen LogP contribution in [0, 0.1) is 0 Å². The van der Waals surface area contributed by atoms with Crippen molar-refractivity contribution in [2.75, 3.05) is 0 Å². The van der Waals surface area contributed by atoms with Crippen molar-refractivity contribution >= 4 is 5.78 Å². The van der Waals surface area contributed by atoms with E-state index in [0.717, 1.165) is 6.92 Å². The molecule has 0 spiro atoms. The molecular formula is C20H16F2N2O2. The lowest BCUT2D eigenvalue weighted by atomic mass is 10.0. The summed E-state index contributed by atoms with van der Waals surface area (Å²) in [6.45, 7) is 0.828. The van der Waals surface area contributed by atoms with E-state index in [1.54, 1.807) is 36.7 Å². The molecule has 0 saturated carbocycles. The SMILES string of the molecule is CC(F)(F)c1cccc(CC(=O)c2cc(Oc3cccnc3)ccn2)c1. The molecule has 0 aliphatic carbocycles. The molecule has 2 heterocycles. The van der Waals surface area contributed by atoms with Crippen molar-refractivity contribution in [3.8, 4) is 11.5 Å². The quantitative estimate of drug-likeness (QED) is 0.596. The third-order valence-electron chi connectivity index (χ3n) is 3.69. The van der Waals surface area contributed by atoms with Crippen LogP contribution in [0.2, 0.25) is 0 Å². The number of carbonyl (C=O) groups excluding carboxylic acids is 1. The van der Waals surface area contributed by atoms with Gasteiger partial charge >= 0.3 is 0 Å². The summed E-state index contributed by atoms with van der Waals surface area (Å²) >= 11 is 0. The van der Waals surface area contributed by atoms with E-state index in [1.807, 2.05) is 0 Å². The first-order valence-corrected chi connectivity index (χ1v) is 7.96. The molecule has 0 radical (unpaired) electrons. The molecule has 2 aromatic heterocycles. The first kappa shape index (κ1) is 17.7. The summed E-state index contributed by atoms with van der Waals surface area (Å²) in [5, 5.41) is 0. The van der Waals surface area contributed by atoms with Crippen molar-refractivity contribution in [3.63, 3.8) is 0 Å². The minimum Gasteiger partial charge on any atom is -0.456 e. The predicted molar refractivity (Wildman–Crippen MR) is 92.6 cm³/mol. The van der Waals surface area contributed by atoms with Gasteiger partial charge in [0.1, 0.15) is 17.2 Å². The van der Waals surface area contributed by atoms with Gasteiger partial charge < -0.3 is 4.74 Å². The Morgan fingerprint density at radius 3 is 2.65 bits per heavy atom. The Morgan fingerprint density at radius 1 is 1.08 bits per heavy atom. The predicted octanol–water partition coefficient (Wildman–Crippen LogP) is 4.81. The number of carbonyl (C=O) groups is 1. The highest BCUT2D eigenvalue weighted by Crippen LogP contribution is 2.27. The molecule has 4 nitrogen and oxygen atoms in total. The summed E-state index contributed by atoms with van der Waals surface area (Å²) in [5.41, 5.74) is 0.596. The second-order valence-electron chi connectivity index (χ2n) is 5.86. The maximum absolute atomic E-state index is 13.4. The number of nitrogens with zero attached hydrogens (tertiary/aromatic N) is 2. The number of aromatic nitrogens is 2. The molecule has 0 N–H and O–H groups in total. The summed E-state index contributed by atoms with van der Waals surface area (Å²) in [6, 6.07) is 12.5. The molecule has 0 fully saturated rings. The Hall–Kier alpha value is -3.15. The molecular weight excluding hydrogens is 338 g/mol. The van der Waals surface area contributed by atoms with Crippen LogP contribution in [0.4, 0.5) is 8.78 Å². The number of hydrogen-bond acceptors (Lipinski definition) is 4. The second kappa shape index (κ2) is 7.39. The van der Waals surface area contributed by atoms with Crippen LogP contribution in [0.5, 0.6) is 11.5 Å². The lowest BCUT2D eigenvalue weighted by Crippen LogP contribution is -2.10. The number of ether oxygens (including phenoxy) is 1. The molecule has 0 atom stereocenters. The number of halogens is 2. The van der Waals surface area contributed by atoms with E-state index in [4.69, 9.17) is 4.74 Å². The second-order valence-corrected chi connectivity index (χ2v) is 5.86. The van der Waals surface area contributed by atoms with Gasteiger partial charge in [-0.15, -0.1) is 0 Å². The first-order valence-electron chi connectivity index (χ1n) is 7.96. The van der Waals surface area contributed by atoms with Crippen molar-refractivity contribution in [2.24, 2.45) is 0 Å². The molecule has 26 heavy (non-hydrogen) atoms. The van der Waals surface area contributed by atoms with Crippen LogP contribution in [-0.4, -0.2) is 15.8 Å². The monoisotopic (exact) mass is 354 g/mol. The van der Waals surface area contributed by atoms with E-state index < -0.39 is 5.92 Å². The summed E-state index contributed by atoms with van der Waals surface area (Å²) in [4.78, 5) is 20.5. The standard InChI is InChI=1S/C20H16F2N2O2/c1-20(21,22)15-5-2-4-14(10-15)11-19(25)18-12-16(7-9-24-18)26-17-6-3-8-23-13-17/h2-10,12-13H,11H2,1H3. The zero-order chi connectivity index (χ0) is 18.6. The summed E-state index contributed by atoms with van der Waals surface area (Å²) in [7, 11) is 0. The maximum Gasteiger partial charge on any atom is 0.270 e. The number of rotatable bonds is 6. The smallest absolute Gasteiger partial charge is 0.270 e. The first-order chi connectivity index (χ1) is 12.4. The van der Waals surface area contributed by atoms with Gasteiger partial charge in [0.2, 0.25) is 0 Å². The molecule has 3 aromatic rings. The highest BCUT2D eigenvalue weighted by atomic mass is 19.3. The van der Waals surface area contributed by atoms with Gasteiger partial charge in [-0.05, 0) is 29.8 Å². The average Bonchev–Trinajstić information content (AvgIpc) is 2.62. The summed E-state index contributed by atoms with van der Waals surface area (Å²) < 4.78 is 32.5. The zero-order valence-electron chi connectivity index (χ0n) is 14.0. The highest BCUT2D eigenvalue weighted by molar-refractivity contribution is 5.96. The van der Waals surface area contributed by atoms with Gasteiger partial charge in [-0.25, -0.2) is 8.78 Å². The lowest BCUT2D eigenvalue weighted by molar-refractivity contribution is 0.0174. The molecule has 3 rings (SSSR count). The minimum absolute atomic E-state index is 0.0206. The third kappa shape index (κ3) is 4.47. The van der Waals surface area contributed by atoms with Crippen molar-refractivity contribution in [3.05, 3.63) is 83.9 Å². The van der Waals surface area contributed by atoms with E-state index >= 15 is 0 Å². The van der Waals surface area contributed by atoms with Crippen LogP contribution >= 0.6 is 0 Å². The van der Waals surface area contributed by atoms with Crippen molar-refractivity contribution in [1.82, 2.24) is 9.97 Å². The Balaban J connectivity index is 1.75. The van der Waals surface area contributed by atoms with E-state index in [-0.39, 0.29) is 23.5 Å². The van der Waals surface area contributed by atoms with E-state index in [2.05, 4.69) is 9.97 Å². The Bertz CT molecular complexity index is 909. The number of pyridine rings is 2. The number of benzene rings is 1. The van der Waals surface area contributed by atoms with E-state index in [0.29, 0.717) is 17.1 Å². The molecule has 132 valence electrons. The van der Waals surface area contributed by atoms with Gasteiger partial charge in [-0.1, -0.05) is 18.2 Å². The van der Waals surface area contributed by atoms with Crippen LogP contribution in [0.25, 0.3) is 0 Å². The fourth-order valence-corrected chi connectivity index (χ4v) is 2.40. The van der Waals surface area contributed by atoms with E-state index in [9.17, 15) is 13.6 Å². The van der Waals surface area contributed by atoms with Crippen molar-refractivity contribution in [1.29, 1.82) is 0 Å². The molecule has 0 saturated heterocycles. The Kier molecular flexibility index (Phi) is 5.02.